The summed E-state index contributed by atoms with van der Waals surface area (Å²) < 4.78 is 39.4. The SMILES string of the molecule is COc1cc2nc(C)nc(NC(C)c3cccc4c3OCC4(F)F)c2cc1C1=CCSCC1. The summed E-state index contributed by atoms with van der Waals surface area (Å²) in [6.45, 7) is 3.13. The minimum atomic E-state index is -2.97. The highest BCUT2D eigenvalue weighted by Crippen LogP contribution is 2.45. The van der Waals surface area contributed by atoms with Crippen molar-refractivity contribution >= 4 is 34.1 Å². The van der Waals surface area contributed by atoms with Crippen LogP contribution in [0.25, 0.3) is 16.5 Å². The van der Waals surface area contributed by atoms with Gasteiger partial charge in [0, 0.05) is 28.3 Å². The maximum absolute atomic E-state index is 14.2. The highest BCUT2D eigenvalue weighted by atomic mass is 32.2. The van der Waals surface area contributed by atoms with E-state index in [9.17, 15) is 8.78 Å². The lowest BCUT2D eigenvalue weighted by Crippen LogP contribution is -2.14. The van der Waals surface area contributed by atoms with E-state index in [1.807, 2.05) is 37.7 Å². The van der Waals surface area contributed by atoms with Gasteiger partial charge in [-0.1, -0.05) is 18.2 Å². The molecule has 2 aromatic carbocycles. The van der Waals surface area contributed by atoms with Crippen molar-refractivity contribution in [1.82, 2.24) is 9.97 Å². The van der Waals surface area contributed by atoms with Crippen molar-refractivity contribution in [3.8, 4) is 11.5 Å². The Bertz CT molecular complexity index is 1260. The first-order valence-electron chi connectivity index (χ1n) is 10.9. The number of para-hydroxylation sites is 1. The van der Waals surface area contributed by atoms with E-state index in [4.69, 9.17) is 9.47 Å². The number of benzene rings is 2. The molecule has 1 unspecified atom stereocenters. The van der Waals surface area contributed by atoms with E-state index in [0.29, 0.717) is 17.2 Å². The lowest BCUT2D eigenvalue weighted by atomic mass is 9.99. The van der Waals surface area contributed by atoms with Gasteiger partial charge < -0.3 is 14.8 Å². The first-order valence-corrected chi connectivity index (χ1v) is 12.1. The van der Waals surface area contributed by atoms with E-state index >= 15 is 0 Å². The second-order valence-corrected chi connectivity index (χ2v) is 9.48. The molecule has 5 rings (SSSR count). The molecule has 0 saturated carbocycles. The molecule has 3 aromatic rings. The molecule has 0 bridgehead atoms. The van der Waals surface area contributed by atoms with Crippen LogP contribution in [0.2, 0.25) is 0 Å². The maximum atomic E-state index is 14.2. The summed E-state index contributed by atoms with van der Waals surface area (Å²) in [4.78, 5) is 9.26. The van der Waals surface area contributed by atoms with Crippen LogP contribution in [0, 0.1) is 6.92 Å². The average Bonchev–Trinajstić information content (AvgIpc) is 3.13. The molecule has 0 radical (unpaired) electrons. The molecule has 172 valence electrons. The van der Waals surface area contributed by atoms with Crippen LogP contribution >= 0.6 is 11.8 Å². The first kappa shape index (κ1) is 21.9. The van der Waals surface area contributed by atoms with Crippen molar-refractivity contribution in [2.45, 2.75) is 32.2 Å². The van der Waals surface area contributed by atoms with Gasteiger partial charge in [-0.25, -0.2) is 9.97 Å². The summed E-state index contributed by atoms with van der Waals surface area (Å²) >= 11 is 1.91. The number of hydrogen-bond donors (Lipinski definition) is 1. The zero-order valence-electron chi connectivity index (χ0n) is 18.7. The summed E-state index contributed by atoms with van der Waals surface area (Å²) in [7, 11) is 1.67. The Morgan fingerprint density at radius 2 is 2.09 bits per heavy atom. The molecule has 3 heterocycles. The number of aryl methyl sites for hydroxylation is 1. The molecule has 0 aliphatic carbocycles. The molecule has 1 aromatic heterocycles. The highest BCUT2D eigenvalue weighted by Gasteiger charge is 2.42. The smallest absolute Gasteiger partial charge is 0.310 e. The minimum absolute atomic E-state index is 0.0634. The van der Waals surface area contributed by atoms with Crippen LogP contribution in [0.3, 0.4) is 0 Å². The van der Waals surface area contributed by atoms with Gasteiger partial charge in [0.1, 0.15) is 23.1 Å². The summed E-state index contributed by atoms with van der Waals surface area (Å²) in [5.41, 5.74) is 3.67. The van der Waals surface area contributed by atoms with Gasteiger partial charge in [0.15, 0.2) is 6.61 Å². The van der Waals surface area contributed by atoms with Crippen LogP contribution < -0.4 is 14.8 Å². The molecule has 0 saturated heterocycles. The van der Waals surface area contributed by atoms with E-state index < -0.39 is 12.5 Å². The van der Waals surface area contributed by atoms with Gasteiger partial charge in [-0.05, 0) is 43.7 Å². The zero-order chi connectivity index (χ0) is 23.2. The van der Waals surface area contributed by atoms with Crippen LogP contribution in [0.1, 0.15) is 41.9 Å². The molecule has 2 aliphatic rings. The number of anilines is 1. The Kier molecular flexibility index (Phi) is 5.64. The number of fused-ring (bicyclic) bond motifs is 2. The number of nitrogens with zero attached hydrogens (tertiary/aromatic N) is 2. The van der Waals surface area contributed by atoms with Crippen molar-refractivity contribution in [1.29, 1.82) is 0 Å². The Morgan fingerprint density at radius 1 is 1.24 bits per heavy atom. The number of ether oxygens (including phenoxy) is 2. The molecular formula is C25H25F2N3O2S. The lowest BCUT2D eigenvalue weighted by molar-refractivity contribution is -0.0214. The summed E-state index contributed by atoms with van der Waals surface area (Å²) in [5.74, 6) is 1.39. The van der Waals surface area contributed by atoms with Crippen molar-refractivity contribution < 1.29 is 18.3 Å². The van der Waals surface area contributed by atoms with Gasteiger partial charge in [-0.15, -0.1) is 0 Å². The molecule has 0 fully saturated rings. The standard InChI is InChI=1S/C25H25F2N3O2S/c1-14(17-5-4-6-20-23(17)32-13-25(20,26)27)28-24-19-11-18(16-7-9-33-10-8-16)22(31-3)12-21(19)29-15(2)30-24/h4-7,11-12,14H,8-10,13H2,1-3H3,(H,28,29,30). The Balaban J connectivity index is 1.57. The van der Waals surface area contributed by atoms with E-state index in [1.54, 1.807) is 13.2 Å². The van der Waals surface area contributed by atoms with E-state index in [2.05, 4.69) is 27.4 Å². The number of allylic oxidation sites excluding steroid dienone is 1. The Hall–Kier alpha value is -2.87. The third-order valence-corrected chi connectivity index (χ3v) is 6.99. The van der Waals surface area contributed by atoms with Gasteiger partial charge in [0.25, 0.3) is 0 Å². The number of thioether (sulfide) groups is 1. The fourth-order valence-corrected chi connectivity index (χ4v) is 5.29. The van der Waals surface area contributed by atoms with Gasteiger partial charge in [0.05, 0.1) is 24.2 Å². The number of hydrogen-bond acceptors (Lipinski definition) is 6. The molecule has 1 atom stereocenters. The van der Waals surface area contributed by atoms with Crippen molar-refractivity contribution in [3.05, 3.63) is 58.9 Å². The molecule has 8 heteroatoms. The van der Waals surface area contributed by atoms with Gasteiger partial charge in [-0.3, -0.25) is 0 Å². The fraction of sp³-hybridized carbons (Fsp3) is 0.360. The third kappa shape index (κ3) is 4.01. The second kappa shape index (κ2) is 8.48. The topological polar surface area (TPSA) is 56.3 Å². The zero-order valence-corrected chi connectivity index (χ0v) is 19.6. The number of aromatic nitrogens is 2. The van der Waals surface area contributed by atoms with Crippen molar-refractivity contribution in [2.24, 2.45) is 0 Å². The maximum Gasteiger partial charge on any atom is 0.310 e. The van der Waals surface area contributed by atoms with E-state index in [-0.39, 0.29) is 17.4 Å². The van der Waals surface area contributed by atoms with E-state index in [1.165, 1.54) is 11.6 Å². The normalized spacial score (nSPS) is 17.8. The predicted octanol–water partition coefficient (Wildman–Crippen LogP) is 6.12. The van der Waals surface area contributed by atoms with Crippen LogP contribution in [-0.2, 0) is 5.92 Å². The van der Waals surface area contributed by atoms with Crippen LogP contribution in [-0.4, -0.2) is 35.2 Å². The number of alkyl halides is 2. The quantitative estimate of drug-likeness (QED) is 0.486. The Labute approximate surface area is 195 Å². The molecular weight excluding hydrogens is 444 g/mol. The molecule has 0 spiro atoms. The molecule has 2 aliphatic heterocycles. The predicted molar refractivity (Wildman–Crippen MR) is 129 cm³/mol. The molecule has 1 N–H and O–H groups in total. The number of nitrogens with one attached hydrogen (secondary N) is 1. The second-order valence-electron chi connectivity index (χ2n) is 8.33. The third-order valence-electron chi connectivity index (χ3n) is 6.10. The molecule has 0 amide bonds. The van der Waals surface area contributed by atoms with Crippen molar-refractivity contribution in [2.75, 3.05) is 30.5 Å². The van der Waals surface area contributed by atoms with Gasteiger partial charge in [0.2, 0.25) is 0 Å². The van der Waals surface area contributed by atoms with Gasteiger partial charge in [-0.2, -0.15) is 20.5 Å². The summed E-state index contributed by atoms with van der Waals surface area (Å²) in [5, 5.41) is 4.29. The van der Waals surface area contributed by atoms with Crippen LogP contribution in [0.5, 0.6) is 11.5 Å². The monoisotopic (exact) mass is 469 g/mol. The fourth-order valence-electron chi connectivity index (χ4n) is 4.44. The number of rotatable bonds is 5. The largest absolute Gasteiger partial charge is 0.496 e. The van der Waals surface area contributed by atoms with Crippen LogP contribution in [0.15, 0.2) is 36.4 Å². The van der Waals surface area contributed by atoms with E-state index in [0.717, 1.165) is 40.1 Å². The molecule has 33 heavy (non-hydrogen) atoms. The minimum Gasteiger partial charge on any atom is -0.496 e. The van der Waals surface area contributed by atoms with Crippen LogP contribution in [0.4, 0.5) is 14.6 Å². The first-order chi connectivity index (χ1) is 15.9. The van der Waals surface area contributed by atoms with Gasteiger partial charge >= 0.3 is 5.92 Å². The average molecular weight is 470 g/mol. The number of methoxy groups -OCH3 is 1. The molecule has 5 nitrogen and oxygen atoms in total. The summed E-state index contributed by atoms with van der Waals surface area (Å²) in [6.07, 6.45) is 3.22. The number of halogens is 2. The summed E-state index contributed by atoms with van der Waals surface area (Å²) in [6, 6.07) is 8.60. The highest BCUT2D eigenvalue weighted by molar-refractivity contribution is 7.99. The Morgan fingerprint density at radius 3 is 2.85 bits per heavy atom. The lowest BCUT2D eigenvalue weighted by Gasteiger charge is -2.21. The van der Waals surface area contributed by atoms with Crippen molar-refractivity contribution in [3.63, 3.8) is 0 Å².